The second-order valence-electron chi connectivity index (χ2n) is 7.38. The van der Waals surface area contributed by atoms with E-state index in [4.69, 9.17) is 0 Å². The average molecular weight is 382 g/mol. The number of aliphatic hydroxyl groups is 1. The number of nitrogens with zero attached hydrogens (tertiary/aromatic N) is 4. The summed E-state index contributed by atoms with van der Waals surface area (Å²) in [7, 11) is 5.61. The third-order valence-electron chi connectivity index (χ3n) is 5.19. The number of aryl methyl sites for hydroxylation is 2. The monoisotopic (exact) mass is 382 g/mol. The van der Waals surface area contributed by atoms with Crippen LogP contribution >= 0.6 is 0 Å². The molecule has 1 fully saturated rings. The van der Waals surface area contributed by atoms with Crippen LogP contribution in [0.2, 0.25) is 0 Å². The van der Waals surface area contributed by atoms with Crippen LogP contribution in [-0.4, -0.2) is 63.6 Å². The predicted molar refractivity (Wildman–Crippen MR) is 107 cm³/mol. The lowest BCUT2D eigenvalue weighted by Gasteiger charge is -2.26. The first-order valence-electron chi connectivity index (χ1n) is 9.22. The minimum atomic E-state index is -0.659. The van der Waals surface area contributed by atoms with Crippen molar-refractivity contribution in [1.82, 2.24) is 19.6 Å². The fraction of sp³-hybridized carbons (Fsp3) is 0.381. The van der Waals surface area contributed by atoms with E-state index < -0.39 is 17.7 Å². The molecule has 7 heteroatoms. The van der Waals surface area contributed by atoms with Crippen molar-refractivity contribution in [2.24, 2.45) is 7.05 Å². The molecule has 148 valence electrons. The van der Waals surface area contributed by atoms with Crippen molar-refractivity contribution < 1.29 is 14.7 Å². The van der Waals surface area contributed by atoms with Crippen molar-refractivity contribution in [3.05, 3.63) is 58.4 Å². The number of ketones is 1. The Kier molecular flexibility index (Phi) is 5.38. The topological polar surface area (TPSA) is 78.7 Å². The highest BCUT2D eigenvalue weighted by atomic mass is 16.3. The lowest BCUT2D eigenvalue weighted by Crippen LogP contribution is -2.35. The van der Waals surface area contributed by atoms with Crippen LogP contribution in [0.5, 0.6) is 0 Å². The maximum atomic E-state index is 12.9. The number of amides is 1. The van der Waals surface area contributed by atoms with Gasteiger partial charge in [0, 0.05) is 25.8 Å². The molecule has 0 bridgehead atoms. The Labute approximate surface area is 164 Å². The molecule has 2 aromatic rings. The van der Waals surface area contributed by atoms with Crippen LogP contribution in [0.15, 0.2) is 35.9 Å². The Bertz CT molecular complexity index is 944. The number of aromatic nitrogens is 2. The van der Waals surface area contributed by atoms with Crippen molar-refractivity contribution in [2.75, 3.05) is 27.2 Å². The minimum Gasteiger partial charge on any atom is -0.507 e. The van der Waals surface area contributed by atoms with Gasteiger partial charge in [-0.05, 0) is 33.5 Å². The Morgan fingerprint density at radius 3 is 2.36 bits per heavy atom. The largest absolute Gasteiger partial charge is 0.507 e. The highest BCUT2D eigenvalue weighted by Gasteiger charge is 2.46. The molecule has 28 heavy (non-hydrogen) atoms. The number of carbonyl (C=O) groups excluding carboxylic acids is 2. The zero-order chi connectivity index (χ0) is 20.6. The van der Waals surface area contributed by atoms with Crippen molar-refractivity contribution >= 4 is 17.4 Å². The molecule has 7 nitrogen and oxygen atoms in total. The normalized spacial score (nSPS) is 19.1. The van der Waals surface area contributed by atoms with Crippen LogP contribution in [0.1, 0.15) is 28.6 Å². The average Bonchev–Trinajstić information content (AvgIpc) is 3.06. The Balaban J connectivity index is 2.19. The molecule has 2 heterocycles. The molecular weight excluding hydrogens is 356 g/mol. The van der Waals surface area contributed by atoms with E-state index in [1.165, 1.54) is 0 Å². The molecule has 1 aliphatic rings. The van der Waals surface area contributed by atoms with Gasteiger partial charge in [0.25, 0.3) is 11.7 Å². The van der Waals surface area contributed by atoms with Crippen molar-refractivity contribution in [3.63, 3.8) is 0 Å². The maximum Gasteiger partial charge on any atom is 0.295 e. The fourth-order valence-corrected chi connectivity index (χ4v) is 3.65. The maximum absolute atomic E-state index is 12.9. The van der Waals surface area contributed by atoms with E-state index >= 15 is 0 Å². The van der Waals surface area contributed by atoms with E-state index in [-0.39, 0.29) is 11.3 Å². The standard InChI is InChI=1S/C21H26N4O3/c1-13-16(14(2)24(5)22-13)19(26)17-18(15-9-7-6-8-10-15)25(12-11-23(3)4)21(28)20(17)27/h6-10,18,26H,11-12H2,1-5H3/b19-17+/t18-/m1/s1. The number of carbonyl (C=O) groups is 2. The third kappa shape index (κ3) is 3.33. The van der Waals surface area contributed by atoms with Crippen molar-refractivity contribution in [3.8, 4) is 0 Å². The second kappa shape index (κ2) is 7.59. The van der Waals surface area contributed by atoms with E-state index in [0.29, 0.717) is 24.3 Å². The molecular formula is C21H26N4O3. The summed E-state index contributed by atoms with van der Waals surface area (Å²) in [5, 5.41) is 15.5. The van der Waals surface area contributed by atoms with Gasteiger partial charge in [0.05, 0.1) is 22.9 Å². The number of likely N-dealkylation sites (N-methyl/N-ethyl adjacent to an activating group) is 1. The van der Waals surface area contributed by atoms with Crippen LogP contribution in [0.3, 0.4) is 0 Å². The van der Waals surface area contributed by atoms with Gasteiger partial charge in [-0.1, -0.05) is 30.3 Å². The van der Waals surface area contributed by atoms with Gasteiger partial charge < -0.3 is 14.9 Å². The number of Topliss-reactive ketones (excluding diaryl/α,β-unsaturated/α-hetero) is 1. The summed E-state index contributed by atoms with van der Waals surface area (Å²) in [4.78, 5) is 29.3. The van der Waals surface area contributed by atoms with Crippen LogP contribution < -0.4 is 0 Å². The number of rotatable bonds is 5. The van der Waals surface area contributed by atoms with Crippen LogP contribution in [0, 0.1) is 13.8 Å². The predicted octanol–water partition coefficient (Wildman–Crippen LogP) is 2.02. The number of hydrogen-bond donors (Lipinski definition) is 1. The minimum absolute atomic E-state index is 0.120. The fourth-order valence-electron chi connectivity index (χ4n) is 3.65. The van der Waals surface area contributed by atoms with Crippen LogP contribution in [0.25, 0.3) is 5.76 Å². The molecule has 0 radical (unpaired) electrons. The summed E-state index contributed by atoms with van der Waals surface area (Å²) in [6.07, 6.45) is 0. The number of aliphatic hydroxyl groups excluding tert-OH is 1. The molecule has 1 atom stereocenters. The van der Waals surface area contributed by atoms with Gasteiger partial charge in [-0.3, -0.25) is 14.3 Å². The quantitative estimate of drug-likeness (QED) is 0.486. The molecule has 1 amide bonds. The van der Waals surface area contributed by atoms with Crippen molar-refractivity contribution in [1.29, 1.82) is 0 Å². The van der Waals surface area contributed by atoms with E-state index in [9.17, 15) is 14.7 Å². The third-order valence-corrected chi connectivity index (χ3v) is 5.19. The Hall–Kier alpha value is -2.93. The molecule has 0 unspecified atom stereocenters. The summed E-state index contributed by atoms with van der Waals surface area (Å²) in [5.74, 6) is -1.41. The van der Waals surface area contributed by atoms with E-state index in [0.717, 1.165) is 11.3 Å². The highest BCUT2D eigenvalue weighted by Crippen LogP contribution is 2.40. The summed E-state index contributed by atoms with van der Waals surface area (Å²) in [6, 6.07) is 8.72. The van der Waals surface area contributed by atoms with E-state index in [1.807, 2.05) is 56.3 Å². The van der Waals surface area contributed by atoms with Gasteiger partial charge in [0.1, 0.15) is 5.76 Å². The molecule has 1 N–H and O–H groups in total. The molecule has 3 rings (SSSR count). The molecule has 0 spiro atoms. The lowest BCUT2D eigenvalue weighted by molar-refractivity contribution is -0.140. The van der Waals surface area contributed by atoms with Gasteiger partial charge in [-0.2, -0.15) is 5.10 Å². The lowest BCUT2D eigenvalue weighted by atomic mass is 9.95. The van der Waals surface area contributed by atoms with E-state index in [1.54, 1.807) is 23.6 Å². The Morgan fingerprint density at radius 2 is 1.82 bits per heavy atom. The first-order chi connectivity index (χ1) is 13.2. The number of likely N-dealkylation sites (tertiary alicyclic amines) is 1. The Morgan fingerprint density at radius 1 is 1.18 bits per heavy atom. The van der Waals surface area contributed by atoms with Crippen LogP contribution in [-0.2, 0) is 16.6 Å². The summed E-state index contributed by atoms with van der Waals surface area (Å²) >= 11 is 0. The van der Waals surface area contributed by atoms with E-state index in [2.05, 4.69) is 5.10 Å². The molecule has 1 saturated heterocycles. The van der Waals surface area contributed by atoms with Crippen molar-refractivity contribution in [2.45, 2.75) is 19.9 Å². The smallest absolute Gasteiger partial charge is 0.295 e. The van der Waals surface area contributed by atoms with Gasteiger partial charge in [0.2, 0.25) is 0 Å². The summed E-state index contributed by atoms with van der Waals surface area (Å²) in [6.45, 7) is 4.61. The molecule has 0 saturated carbocycles. The summed E-state index contributed by atoms with van der Waals surface area (Å²) < 4.78 is 1.66. The van der Waals surface area contributed by atoms with Gasteiger partial charge in [-0.15, -0.1) is 0 Å². The molecule has 1 aliphatic heterocycles. The molecule has 0 aliphatic carbocycles. The van der Waals surface area contributed by atoms with Gasteiger partial charge >= 0.3 is 0 Å². The van der Waals surface area contributed by atoms with Gasteiger partial charge in [0.15, 0.2) is 0 Å². The first-order valence-corrected chi connectivity index (χ1v) is 9.22. The first kappa shape index (κ1) is 19.8. The number of hydrogen-bond acceptors (Lipinski definition) is 5. The highest BCUT2D eigenvalue weighted by molar-refractivity contribution is 6.46. The zero-order valence-electron chi connectivity index (χ0n) is 16.9. The van der Waals surface area contributed by atoms with Gasteiger partial charge in [-0.25, -0.2) is 0 Å². The summed E-state index contributed by atoms with van der Waals surface area (Å²) in [5.41, 5.74) is 2.77. The molecule has 1 aromatic heterocycles. The zero-order valence-corrected chi connectivity index (χ0v) is 16.9. The van der Waals surface area contributed by atoms with Crippen LogP contribution in [0.4, 0.5) is 0 Å². The number of benzene rings is 1. The molecule has 1 aromatic carbocycles. The second-order valence-corrected chi connectivity index (χ2v) is 7.38. The SMILES string of the molecule is Cc1nn(C)c(C)c1/C(O)=C1\C(=O)C(=O)N(CCN(C)C)[C@@H]1c1ccccc1.